The van der Waals surface area contributed by atoms with E-state index in [1.807, 2.05) is 19.1 Å². The minimum Gasteiger partial charge on any atom is -0.295 e. The van der Waals surface area contributed by atoms with Gasteiger partial charge in [0.05, 0.1) is 0 Å². The first kappa shape index (κ1) is 13.6. The number of anilines is 1. The molecule has 0 saturated carbocycles. The average Bonchev–Trinajstić information content (AvgIpc) is 2.75. The number of nitrogens with one attached hydrogen (secondary N) is 1. The average molecular weight is 276 g/mol. The molecule has 19 heavy (non-hydrogen) atoms. The van der Waals surface area contributed by atoms with Gasteiger partial charge in [-0.3, -0.25) is 10.1 Å². The van der Waals surface area contributed by atoms with Gasteiger partial charge in [0.1, 0.15) is 10.7 Å². The maximum atomic E-state index is 12.0. The van der Waals surface area contributed by atoms with E-state index in [4.69, 9.17) is 0 Å². The summed E-state index contributed by atoms with van der Waals surface area (Å²) < 4.78 is 0. The van der Waals surface area contributed by atoms with Gasteiger partial charge in [-0.05, 0) is 25.0 Å². The SMILES string of the molecule is Cc1cccc(C(=O)Nc2nnc(CC(C)C)s2)n1. The minimum atomic E-state index is -0.254. The molecule has 0 atom stereocenters. The molecule has 6 heteroatoms. The van der Waals surface area contributed by atoms with Crippen molar-refractivity contribution in [2.45, 2.75) is 27.2 Å². The monoisotopic (exact) mass is 276 g/mol. The van der Waals surface area contributed by atoms with Crippen LogP contribution in [0.15, 0.2) is 18.2 Å². The molecule has 2 rings (SSSR count). The highest BCUT2D eigenvalue weighted by Crippen LogP contribution is 2.18. The summed E-state index contributed by atoms with van der Waals surface area (Å²) in [5.41, 5.74) is 1.20. The number of carbonyl (C=O) groups is 1. The highest BCUT2D eigenvalue weighted by atomic mass is 32.1. The van der Waals surface area contributed by atoms with Gasteiger partial charge in [-0.1, -0.05) is 31.3 Å². The van der Waals surface area contributed by atoms with Crippen LogP contribution < -0.4 is 5.32 Å². The molecule has 0 aliphatic rings. The zero-order chi connectivity index (χ0) is 13.8. The quantitative estimate of drug-likeness (QED) is 0.932. The van der Waals surface area contributed by atoms with E-state index in [2.05, 4.69) is 34.3 Å². The number of carbonyl (C=O) groups excluding carboxylic acids is 1. The molecule has 0 aliphatic heterocycles. The van der Waals surface area contributed by atoms with Crippen LogP contribution in [0.4, 0.5) is 5.13 Å². The standard InChI is InChI=1S/C13H16N4OS/c1-8(2)7-11-16-17-13(19-11)15-12(18)10-6-4-5-9(3)14-10/h4-6,8H,7H2,1-3H3,(H,15,17,18). The number of aryl methyl sites for hydroxylation is 1. The first-order chi connectivity index (χ1) is 9.04. The third-order valence-electron chi connectivity index (χ3n) is 2.39. The second kappa shape index (κ2) is 5.88. The molecule has 0 bridgehead atoms. The first-order valence-corrected chi connectivity index (χ1v) is 6.93. The fraction of sp³-hybridized carbons (Fsp3) is 0.385. The Labute approximate surface area is 116 Å². The summed E-state index contributed by atoms with van der Waals surface area (Å²) in [7, 11) is 0. The summed E-state index contributed by atoms with van der Waals surface area (Å²) in [6, 6.07) is 5.34. The lowest BCUT2D eigenvalue weighted by atomic mass is 10.1. The van der Waals surface area contributed by atoms with Crippen molar-refractivity contribution in [3.63, 3.8) is 0 Å². The number of amides is 1. The van der Waals surface area contributed by atoms with Gasteiger partial charge in [0.15, 0.2) is 0 Å². The fourth-order valence-corrected chi connectivity index (χ4v) is 2.51. The van der Waals surface area contributed by atoms with Crippen molar-refractivity contribution in [1.29, 1.82) is 0 Å². The van der Waals surface area contributed by atoms with Crippen LogP contribution in [0, 0.1) is 12.8 Å². The van der Waals surface area contributed by atoms with Crippen molar-refractivity contribution in [3.8, 4) is 0 Å². The second-order valence-corrected chi connectivity index (χ2v) is 5.78. The Kier molecular flexibility index (Phi) is 4.21. The van der Waals surface area contributed by atoms with Crippen molar-refractivity contribution in [2.75, 3.05) is 5.32 Å². The highest BCUT2D eigenvalue weighted by Gasteiger charge is 2.11. The maximum Gasteiger partial charge on any atom is 0.276 e. The summed E-state index contributed by atoms with van der Waals surface area (Å²) in [6.45, 7) is 6.09. The lowest BCUT2D eigenvalue weighted by Gasteiger charge is -2.01. The number of aromatic nitrogens is 3. The van der Waals surface area contributed by atoms with Crippen molar-refractivity contribution < 1.29 is 4.79 Å². The van der Waals surface area contributed by atoms with Gasteiger partial charge in [-0.25, -0.2) is 4.98 Å². The second-order valence-electron chi connectivity index (χ2n) is 4.72. The number of hydrogen-bond acceptors (Lipinski definition) is 5. The Bertz CT molecular complexity index is 580. The lowest BCUT2D eigenvalue weighted by Crippen LogP contribution is -2.13. The van der Waals surface area contributed by atoms with Crippen molar-refractivity contribution in [2.24, 2.45) is 5.92 Å². The van der Waals surface area contributed by atoms with E-state index < -0.39 is 0 Å². The van der Waals surface area contributed by atoms with Crippen molar-refractivity contribution in [1.82, 2.24) is 15.2 Å². The van der Waals surface area contributed by atoms with E-state index >= 15 is 0 Å². The van der Waals surface area contributed by atoms with Gasteiger partial charge < -0.3 is 0 Å². The summed E-state index contributed by atoms with van der Waals surface area (Å²) in [6.07, 6.45) is 0.871. The third kappa shape index (κ3) is 3.82. The van der Waals surface area contributed by atoms with Gasteiger partial charge in [0, 0.05) is 12.1 Å². The summed E-state index contributed by atoms with van der Waals surface area (Å²) in [5.74, 6) is 0.269. The summed E-state index contributed by atoms with van der Waals surface area (Å²) >= 11 is 1.41. The van der Waals surface area contributed by atoms with Crippen LogP contribution >= 0.6 is 11.3 Å². The molecule has 0 spiro atoms. The van der Waals surface area contributed by atoms with Crippen LogP contribution in [0.1, 0.15) is 35.0 Å². The topological polar surface area (TPSA) is 67.8 Å². The number of rotatable bonds is 4. The van der Waals surface area contributed by atoms with E-state index in [0.717, 1.165) is 17.1 Å². The van der Waals surface area contributed by atoms with Crippen LogP contribution in [0.25, 0.3) is 0 Å². The number of pyridine rings is 1. The molecule has 2 aromatic rings. The molecular weight excluding hydrogens is 260 g/mol. The molecule has 100 valence electrons. The van der Waals surface area contributed by atoms with Gasteiger partial charge in [-0.15, -0.1) is 10.2 Å². The summed E-state index contributed by atoms with van der Waals surface area (Å²) in [4.78, 5) is 16.1. The van der Waals surface area contributed by atoms with Gasteiger partial charge >= 0.3 is 0 Å². The zero-order valence-electron chi connectivity index (χ0n) is 11.2. The maximum absolute atomic E-state index is 12.0. The molecule has 5 nitrogen and oxygen atoms in total. The number of hydrogen-bond donors (Lipinski definition) is 1. The molecule has 0 fully saturated rings. The van der Waals surface area contributed by atoms with Crippen LogP contribution in [0.5, 0.6) is 0 Å². The molecule has 0 unspecified atom stereocenters. The molecule has 1 amide bonds. The molecule has 0 aromatic carbocycles. The van der Waals surface area contributed by atoms with Crippen LogP contribution in [-0.2, 0) is 6.42 Å². The van der Waals surface area contributed by atoms with Gasteiger partial charge in [0.2, 0.25) is 5.13 Å². The predicted molar refractivity (Wildman–Crippen MR) is 75.4 cm³/mol. The van der Waals surface area contributed by atoms with Gasteiger partial charge in [-0.2, -0.15) is 0 Å². The van der Waals surface area contributed by atoms with E-state index in [1.165, 1.54) is 11.3 Å². The molecule has 2 heterocycles. The number of nitrogens with zero attached hydrogens (tertiary/aromatic N) is 3. The zero-order valence-corrected chi connectivity index (χ0v) is 12.0. The fourth-order valence-electron chi connectivity index (χ4n) is 1.57. The molecule has 0 aliphatic carbocycles. The Balaban J connectivity index is 2.05. The Morgan fingerprint density at radius 1 is 1.37 bits per heavy atom. The highest BCUT2D eigenvalue weighted by molar-refractivity contribution is 7.15. The van der Waals surface area contributed by atoms with E-state index in [9.17, 15) is 4.79 Å². The van der Waals surface area contributed by atoms with E-state index in [0.29, 0.717) is 16.7 Å². The summed E-state index contributed by atoms with van der Waals surface area (Å²) in [5, 5.41) is 12.2. The Morgan fingerprint density at radius 3 is 2.84 bits per heavy atom. The van der Waals surface area contributed by atoms with Crippen molar-refractivity contribution >= 4 is 22.4 Å². The van der Waals surface area contributed by atoms with Crippen LogP contribution in [0.3, 0.4) is 0 Å². The molecular formula is C13H16N4OS. The Morgan fingerprint density at radius 2 is 2.16 bits per heavy atom. The normalized spacial score (nSPS) is 10.7. The van der Waals surface area contributed by atoms with Crippen LogP contribution in [0.2, 0.25) is 0 Å². The van der Waals surface area contributed by atoms with E-state index in [1.54, 1.807) is 6.07 Å². The lowest BCUT2D eigenvalue weighted by molar-refractivity contribution is 0.102. The molecule has 2 aromatic heterocycles. The Hall–Kier alpha value is -1.82. The van der Waals surface area contributed by atoms with Crippen molar-refractivity contribution in [3.05, 3.63) is 34.6 Å². The van der Waals surface area contributed by atoms with Gasteiger partial charge in [0.25, 0.3) is 5.91 Å². The van der Waals surface area contributed by atoms with Crippen LogP contribution in [-0.4, -0.2) is 21.1 Å². The first-order valence-electron chi connectivity index (χ1n) is 6.12. The minimum absolute atomic E-state index is 0.254. The molecule has 0 radical (unpaired) electrons. The molecule has 0 saturated heterocycles. The third-order valence-corrected chi connectivity index (χ3v) is 3.25. The molecule has 1 N–H and O–H groups in total. The van der Waals surface area contributed by atoms with E-state index in [-0.39, 0.29) is 5.91 Å². The largest absolute Gasteiger partial charge is 0.295 e. The smallest absolute Gasteiger partial charge is 0.276 e. The predicted octanol–water partition coefficient (Wildman–Crippen LogP) is 2.69.